The lowest BCUT2D eigenvalue weighted by Gasteiger charge is -2.13. The van der Waals surface area contributed by atoms with Crippen LogP contribution in [0.4, 0.5) is 0 Å². The zero-order valence-corrected chi connectivity index (χ0v) is 7.49. The molecule has 0 N–H and O–H groups in total. The normalized spacial score (nSPS) is 10.3. The molecule has 0 aliphatic heterocycles. The smallest absolute Gasteiger partial charge is 0.121 e. The molecule has 0 atom stereocenters. The Balaban J connectivity index is 3.07. The fourth-order valence-corrected chi connectivity index (χ4v) is 1.13. The van der Waals surface area contributed by atoms with Crippen LogP contribution in [0.1, 0.15) is 6.42 Å². The molecule has 0 amide bonds. The van der Waals surface area contributed by atoms with E-state index in [0.29, 0.717) is 6.42 Å². The number of nitrogens with zero attached hydrogens (tertiary/aromatic N) is 1. The van der Waals surface area contributed by atoms with Crippen molar-refractivity contribution in [2.45, 2.75) is 6.42 Å². The lowest BCUT2D eigenvalue weighted by atomic mass is 10.4. The van der Waals surface area contributed by atoms with E-state index in [1.54, 1.807) is 0 Å². The second-order valence-corrected chi connectivity index (χ2v) is 3.24. The molecule has 0 spiro atoms. The zero-order chi connectivity index (χ0) is 7.82. The van der Waals surface area contributed by atoms with E-state index in [4.69, 9.17) is 0 Å². The molecule has 0 aromatic carbocycles. The molecule has 0 saturated carbocycles. The summed E-state index contributed by atoms with van der Waals surface area (Å²) in [4.78, 5) is 12.1. The fraction of sp³-hybridized carbons (Fsp3) is 0.857. The van der Waals surface area contributed by atoms with Crippen LogP contribution in [0.25, 0.3) is 0 Å². The van der Waals surface area contributed by atoms with Crippen molar-refractivity contribution in [2.24, 2.45) is 0 Å². The van der Waals surface area contributed by atoms with Crippen LogP contribution in [0, 0.1) is 0 Å². The van der Waals surface area contributed by atoms with Crippen LogP contribution in [0.3, 0.4) is 0 Å². The highest BCUT2D eigenvalue weighted by Gasteiger charge is 1.94. The molecule has 3 heteroatoms. The third-order valence-corrected chi connectivity index (χ3v) is 1.90. The van der Waals surface area contributed by atoms with E-state index in [-0.39, 0.29) is 0 Å². The Bertz CT molecular complexity index is 87.7. The van der Waals surface area contributed by atoms with Crippen molar-refractivity contribution in [1.29, 1.82) is 0 Å². The van der Waals surface area contributed by atoms with E-state index < -0.39 is 0 Å². The van der Waals surface area contributed by atoms with Gasteiger partial charge in [0.1, 0.15) is 6.29 Å². The van der Waals surface area contributed by atoms with Gasteiger partial charge in [-0.05, 0) is 13.3 Å². The van der Waals surface area contributed by atoms with Gasteiger partial charge in [-0.2, -0.15) is 11.8 Å². The first-order valence-corrected chi connectivity index (χ1v) is 4.81. The highest BCUT2D eigenvalue weighted by Crippen LogP contribution is 1.93. The largest absolute Gasteiger partial charge is 0.305 e. The summed E-state index contributed by atoms with van der Waals surface area (Å²) >= 11 is 1.83. The third kappa shape index (κ3) is 6.11. The Morgan fingerprint density at radius 2 is 2.20 bits per heavy atom. The molecule has 0 aliphatic carbocycles. The molecule has 0 aromatic heterocycles. The van der Waals surface area contributed by atoms with Crippen LogP contribution in [0.15, 0.2) is 0 Å². The van der Waals surface area contributed by atoms with Crippen molar-refractivity contribution >= 4 is 18.0 Å². The Morgan fingerprint density at radius 1 is 1.50 bits per heavy atom. The van der Waals surface area contributed by atoms with E-state index in [9.17, 15) is 4.79 Å². The summed E-state index contributed by atoms with van der Waals surface area (Å²) in [7, 11) is 2.04. The highest BCUT2D eigenvalue weighted by atomic mass is 32.2. The maximum Gasteiger partial charge on any atom is 0.121 e. The van der Waals surface area contributed by atoms with Crippen molar-refractivity contribution in [1.82, 2.24) is 4.90 Å². The molecule has 0 rings (SSSR count). The molecule has 0 saturated heterocycles. The lowest BCUT2D eigenvalue weighted by molar-refractivity contribution is -0.108. The second-order valence-electron chi connectivity index (χ2n) is 2.25. The number of carbonyl (C=O) groups is 1. The highest BCUT2D eigenvalue weighted by molar-refractivity contribution is 7.98. The van der Waals surface area contributed by atoms with Crippen molar-refractivity contribution < 1.29 is 4.79 Å². The van der Waals surface area contributed by atoms with E-state index in [1.165, 1.54) is 0 Å². The standard InChI is InChI=1S/C7H15NOS/c1-8(4-3-6-9)5-7-10-2/h6H,3-5,7H2,1-2H3. The van der Waals surface area contributed by atoms with Gasteiger partial charge in [0, 0.05) is 25.3 Å². The van der Waals surface area contributed by atoms with E-state index >= 15 is 0 Å². The van der Waals surface area contributed by atoms with Gasteiger partial charge in [-0.15, -0.1) is 0 Å². The molecule has 2 nitrogen and oxygen atoms in total. The second kappa shape index (κ2) is 7.09. The summed E-state index contributed by atoms with van der Waals surface area (Å²) in [5.41, 5.74) is 0. The number of rotatable bonds is 6. The van der Waals surface area contributed by atoms with Gasteiger partial charge in [0.2, 0.25) is 0 Å². The van der Waals surface area contributed by atoms with Gasteiger partial charge < -0.3 is 9.69 Å². The summed E-state index contributed by atoms with van der Waals surface area (Å²) in [5, 5.41) is 0. The van der Waals surface area contributed by atoms with Crippen LogP contribution >= 0.6 is 11.8 Å². The SMILES string of the molecule is CSCCN(C)CCC=O. The first kappa shape index (κ1) is 9.98. The molecular formula is C7H15NOS. The van der Waals surface area contributed by atoms with Gasteiger partial charge >= 0.3 is 0 Å². The number of hydrogen-bond donors (Lipinski definition) is 0. The molecular weight excluding hydrogens is 146 g/mol. The summed E-state index contributed by atoms with van der Waals surface area (Å²) < 4.78 is 0. The Hall–Kier alpha value is -0.0200. The van der Waals surface area contributed by atoms with Crippen LogP contribution in [-0.4, -0.2) is 43.3 Å². The average Bonchev–Trinajstić information content (AvgIpc) is 1.97. The van der Waals surface area contributed by atoms with E-state index in [0.717, 1.165) is 25.1 Å². The number of aldehydes is 1. The van der Waals surface area contributed by atoms with Gasteiger partial charge in [-0.1, -0.05) is 0 Å². The lowest BCUT2D eigenvalue weighted by Crippen LogP contribution is -2.22. The van der Waals surface area contributed by atoms with Gasteiger partial charge in [-0.3, -0.25) is 0 Å². The molecule has 0 fully saturated rings. The van der Waals surface area contributed by atoms with Crippen molar-refractivity contribution in [2.75, 3.05) is 32.1 Å². The minimum atomic E-state index is 0.658. The predicted molar refractivity (Wildman–Crippen MR) is 46.6 cm³/mol. The van der Waals surface area contributed by atoms with Crippen molar-refractivity contribution in [3.05, 3.63) is 0 Å². The van der Waals surface area contributed by atoms with Crippen LogP contribution < -0.4 is 0 Å². The van der Waals surface area contributed by atoms with Crippen LogP contribution in [0.5, 0.6) is 0 Å². The maximum atomic E-state index is 9.95. The quantitative estimate of drug-likeness (QED) is 0.539. The molecule has 0 aromatic rings. The third-order valence-electron chi connectivity index (χ3n) is 1.31. The van der Waals surface area contributed by atoms with Gasteiger partial charge in [0.05, 0.1) is 0 Å². The molecule has 0 aliphatic rings. The summed E-state index contributed by atoms with van der Waals surface area (Å²) in [6.45, 7) is 1.97. The van der Waals surface area contributed by atoms with Crippen LogP contribution in [0.2, 0.25) is 0 Å². The molecule has 10 heavy (non-hydrogen) atoms. The zero-order valence-electron chi connectivity index (χ0n) is 6.67. The molecule has 0 radical (unpaired) electrons. The summed E-state index contributed by atoms with van der Waals surface area (Å²) in [5.74, 6) is 1.15. The first-order chi connectivity index (χ1) is 4.81. The first-order valence-electron chi connectivity index (χ1n) is 3.42. The van der Waals surface area contributed by atoms with E-state index in [2.05, 4.69) is 11.2 Å². The van der Waals surface area contributed by atoms with Gasteiger partial charge in [0.15, 0.2) is 0 Å². The van der Waals surface area contributed by atoms with Crippen LogP contribution in [-0.2, 0) is 4.79 Å². The Labute approximate surface area is 67.0 Å². The molecule has 0 heterocycles. The topological polar surface area (TPSA) is 20.3 Å². The molecule has 0 bridgehead atoms. The minimum absolute atomic E-state index is 0.658. The number of thioether (sulfide) groups is 1. The maximum absolute atomic E-state index is 9.95. The number of hydrogen-bond acceptors (Lipinski definition) is 3. The Morgan fingerprint density at radius 3 is 2.70 bits per heavy atom. The predicted octanol–water partition coefficient (Wildman–Crippen LogP) is 0.870. The average molecular weight is 161 g/mol. The Kier molecular flexibility index (Phi) is 7.08. The molecule has 60 valence electrons. The summed E-state index contributed by atoms with van der Waals surface area (Å²) in [6, 6.07) is 0. The van der Waals surface area contributed by atoms with Crippen molar-refractivity contribution in [3.63, 3.8) is 0 Å². The van der Waals surface area contributed by atoms with Gasteiger partial charge in [0.25, 0.3) is 0 Å². The summed E-state index contributed by atoms with van der Waals surface area (Å²) in [6.07, 6.45) is 3.72. The fourth-order valence-electron chi connectivity index (χ4n) is 0.632. The van der Waals surface area contributed by atoms with Gasteiger partial charge in [-0.25, -0.2) is 0 Å². The minimum Gasteiger partial charge on any atom is -0.305 e. The van der Waals surface area contributed by atoms with E-state index in [1.807, 2.05) is 18.8 Å². The monoisotopic (exact) mass is 161 g/mol. The number of carbonyl (C=O) groups excluding carboxylic acids is 1. The van der Waals surface area contributed by atoms with Crippen molar-refractivity contribution in [3.8, 4) is 0 Å². The molecule has 0 unspecified atom stereocenters.